The Kier molecular flexibility index (Phi) is 6.84. The zero-order valence-electron chi connectivity index (χ0n) is 12.9. The highest BCUT2D eigenvalue weighted by Crippen LogP contribution is 2.06. The number of alkyl carbamates (subject to hydrolysis) is 1. The molecule has 0 rings (SSSR count). The van der Waals surface area contributed by atoms with Gasteiger partial charge in [-0.3, -0.25) is 9.59 Å². The van der Waals surface area contributed by atoms with Crippen molar-refractivity contribution in [1.29, 1.82) is 0 Å². The van der Waals surface area contributed by atoms with E-state index in [4.69, 9.17) is 9.84 Å². The molecule has 0 saturated carbocycles. The van der Waals surface area contributed by atoms with Gasteiger partial charge < -0.3 is 20.5 Å². The number of ketones is 1. The van der Waals surface area contributed by atoms with Crippen LogP contribution in [0.3, 0.4) is 0 Å². The summed E-state index contributed by atoms with van der Waals surface area (Å²) in [5, 5.41) is 13.2. The molecule has 8 nitrogen and oxygen atoms in total. The summed E-state index contributed by atoms with van der Waals surface area (Å²) < 4.78 is 4.97. The predicted molar refractivity (Wildman–Crippen MR) is 73.7 cm³/mol. The van der Waals surface area contributed by atoms with E-state index in [2.05, 4.69) is 10.6 Å². The number of aliphatic carboxylic acids is 1. The first-order valence-electron chi connectivity index (χ1n) is 6.53. The van der Waals surface area contributed by atoms with E-state index >= 15 is 0 Å². The van der Waals surface area contributed by atoms with E-state index in [1.165, 1.54) is 13.8 Å². The average Bonchev–Trinajstić information content (AvgIpc) is 2.31. The molecule has 0 aliphatic rings. The van der Waals surface area contributed by atoms with Gasteiger partial charge in [-0.1, -0.05) is 6.92 Å². The molecule has 0 aromatic rings. The molecule has 8 heteroatoms. The van der Waals surface area contributed by atoms with Crippen molar-refractivity contribution in [3.8, 4) is 0 Å². The lowest BCUT2D eigenvalue weighted by Crippen LogP contribution is -2.53. The van der Waals surface area contributed by atoms with Crippen LogP contribution in [0, 0.1) is 0 Å². The molecule has 0 unspecified atom stereocenters. The summed E-state index contributed by atoms with van der Waals surface area (Å²) >= 11 is 0. The standard InChI is InChI=1S/C13H22N2O6/c1-6-8(16)9(11(18)19)15-10(17)7(2)14-12(20)21-13(3,4)5/h7,9H,6H2,1-5H3,(H,14,20)(H,15,17)(H,18,19)/t7-,9-/m0/s1. The predicted octanol–water partition coefficient (Wildman–Crippen LogP) is 0.448. The molecule has 120 valence electrons. The molecule has 2 atom stereocenters. The number of carboxylic acids is 1. The number of rotatable bonds is 6. The number of carbonyl (C=O) groups is 4. The van der Waals surface area contributed by atoms with Crippen LogP contribution in [0.15, 0.2) is 0 Å². The van der Waals surface area contributed by atoms with Gasteiger partial charge in [0, 0.05) is 6.42 Å². The summed E-state index contributed by atoms with van der Waals surface area (Å²) in [7, 11) is 0. The Morgan fingerprint density at radius 3 is 2.05 bits per heavy atom. The third-order valence-electron chi connectivity index (χ3n) is 2.33. The molecule has 0 aliphatic heterocycles. The molecule has 0 fully saturated rings. The zero-order chi connectivity index (χ0) is 16.8. The highest BCUT2D eigenvalue weighted by Gasteiger charge is 2.29. The van der Waals surface area contributed by atoms with Crippen LogP contribution in [-0.4, -0.2) is 46.5 Å². The monoisotopic (exact) mass is 302 g/mol. The van der Waals surface area contributed by atoms with Crippen molar-refractivity contribution >= 4 is 23.8 Å². The van der Waals surface area contributed by atoms with Gasteiger partial charge in [0.05, 0.1) is 0 Å². The lowest BCUT2D eigenvalue weighted by molar-refractivity contribution is -0.146. The number of carbonyl (C=O) groups excluding carboxylic acids is 3. The highest BCUT2D eigenvalue weighted by atomic mass is 16.6. The number of carboxylic acid groups (broad SMARTS) is 1. The Hall–Kier alpha value is -2.12. The maximum absolute atomic E-state index is 11.8. The second kappa shape index (κ2) is 7.61. The maximum atomic E-state index is 11.8. The fourth-order valence-electron chi connectivity index (χ4n) is 1.30. The van der Waals surface area contributed by atoms with Gasteiger partial charge in [-0.15, -0.1) is 0 Å². The van der Waals surface area contributed by atoms with Gasteiger partial charge >= 0.3 is 12.1 Å². The fraction of sp³-hybridized carbons (Fsp3) is 0.692. The first-order chi connectivity index (χ1) is 9.47. The van der Waals surface area contributed by atoms with Crippen LogP contribution in [0.2, 0.25) is 0 Å². The van der Waals surface area contributed by atoms with Gasteiger partial charge in [0.1, 0.15) is 11.6 Å². The lowest BCUT2D eigenvalue weighted by Gasteiger charge is -2.22. The van der Waals surface area contributed by atoms with Crippen LogP contribution in [-0.2, 0) is 19.1 Å². The minimum absolute atomic E-state index is 0.0227. The minimum Gasteiger partial charge on any atom is -0.479 e. The van der Waals surface area contributed by atoms with Gasteiger partial charge in [-0.25, -0.2) is 9.59 Å². The van der Waals surface area contributed by atoms with Crippen LogP contribution in [0.1, 0.15) is 41.0 Å². The van der Waals surface area contributed by atoms with Gasteiger partial charge in [0.15, 0.2) is 11.8 Å². The number of nitrogens with one attached hydrogen (secondary N) is 2. The van der Waals surface area contributed by atoms with E-state index in [0.29, 0.717) is 0 Å². The molecule has 0 aliphatic carbocycles. The van der Waals surface area contributed by atoms with E-state index in [1.54, 1.807) is 20.8 Å². The molecule has 0 aromatic heterocycles. The summed E-state index contributed by atoms with van der Waals surface area (Å²) in [5.74, 6) is -2.85. The Morgan fingerprint density at radius 2 is 1.67 bits per heavy atom. The average molecular weight is 302 g/mol. The van der Waals surface area contributed by atoms with Crippen molar-refractivity contribution in [2.75, 3.05) is 0 Å². The zero-order valence-corrected chi connectivity index (χ0v) is 12.9. The molecule has 2 amide bonds. The van der Waals surface area contributed by atoms with Crippen LogP contribution < -0.4 is 10.6 Å². The van der Waals surface area contributed by atoms with Crippen LogP contribution in [0.25, 0.3) is 0 Å². The van der Waals surface area contributed by atoms with Gasteiger partial charge in [0.25, 0.3) is 0 Å². The molecule has 21 heavy (non-hydrogen) atoms. The molecule has 0 radical (unpaired) electrons. The SMILES string of the molecule is CCC(=O)[C@H](NC(=O)[C@H](C)NC(=O)OC(C)(C)C)C(=O)O. The van der Waals surface area contributed by atoms with E-state index < -0.39 is 41.4 Å². The Labute approximate surface area is 123 Å². The molecule has 0 saturated heterocycles. The van der Waals surface area contributed by atoms with Crippen LogP contribution >= 0.6 is 0 Å². The Morgan fingerprint density at radius 1 is 1.14 bits per heavy atom. The normalized spacial score (nSPS) is 13.8. The second-order valence-electron chi connectivity index (χ2n) is 5.47. The van der Waals surface area contributed by atoms with Crippen molar-refractivity contribution < 1.29 is 29.0 Å². The van der Waals surface area contributed by atoms with Crippen LogP contribution in [0.4, 0.5) is 4.79 Å². The molecule has 0 bridgehead atoms. The minimum atomic E-state index is -1.62. The number of hydrogen-bond acceptors (Lipinski definition) is 5. The summed E-state index contributed by atoms with van der Waals surface area (Å²) in [6, 6.07) is -2.66. The maximum Gasteiger partial charge on any atom is 0.408 e. The first kappa shape index (κ1) is 18.9. The first-order valence-corrected chi connectivity index (χ1v) is 6.53. The van der Waals surface area contributed by atoms with Crippen LogP contribution in [0.5, 0.6) is 0 Å². The van der Waals surface area contributed by atoms with Crippen molar-refractivity contribution in [3.05, 3.63) is 0 Å². The van der Waals surface area contributed by atoms with E-state index in [9.17, 15) is 19.2 Å². The molecule has 3 N–H and O–H groups in total. The quantitative estimate of drug-likeness (QED) is 0.612. The summed E-state index contributed by atoms with van der Waals surface area (Å²) in [4.78, 5) is 45.6. The lowest BCUT2D eigenvalue weighted by atomic mass is 10.1. The third-order valence-corrected chi connectivity index (χ3v) is 2.33. The molecular weight excluding hydrogens is 280 g/mol. The van der Waals surface area contributed by atoms with Crippen molar-refractivity contribution in [1.82, 2.24) is 10.6 Å². The Bertz CT molecular complexity index is 427. The van der Waals surface area contributed by atoms with Gasteiger partial charge in [0.2, 0.25) is 5.91 Å². The van der Waals surface area contributed by atoms with E-state index in [-0.39, 0.29) is 6.42 Å². The van der Waals surface area contributed by atoms with Crippen molar-refractivity contribution in [2.45, 2.75) is 58.7 Å². The molecule has 0 heterocycles. The fourth-order valence-corrected chi connectivity index (χ4v) is 1.30. The summed E-state index contributed by atoms with van der Waals surface area (Å²) in [6.45, 7) is 7.84. The molecular formula is C13H22N2O6. The molecule has 0 aromatic carbocycles. The van der Waals surface area contributed by atoms with Crippen molar-refractivity contribution in [3.63, 3.8) is 0 Å². The Balaban J connectivity index is 4.60. The number of hydrogen-bond donors (Lipinski definition) is 3. The highest BCUT2D eigenvalue weighted by molar-refractivity contribution is 6.05. The number of amides is 2. The van der Waals surface area contributed by atoms with Crippen molar-refractivity contribution in [2.24, 2.45) is 0 Å². The smallest absolute Gasteiger partial charge is 0.408 e. The number of ether oxygens (including phenoxy) is 1. The van der Waals surface area contributed by atoms with Gasteiger partial charge in [-0.2, -0.15) is 0 Å². The largest absolute Gasteiger partial charge is 0.479 e. The summed E-state index contributed by atoms with van der Waals surface area (Å²) in [6.07, 6.45) is -0.829. The third kappa shape index (κ3) is 7.28. The number of Topliss-reactive ketones (excluding diaryl/α,β-unsaturated/α-hetero) is 1. The topological polar surface area (TPSA) is 122 Å². The van der Waals surface area contributed by atoms with Gasteiger partial charge in [-0.05, 0) is 27.7 Å². The van der Waals surface area contributed by atoms with E-state index in [1.807, 2.05) is 0 Å². The molecule has 0 spiro atoms. The second-order valence-corrected chi connectivity index (χ2v) is 5.47. The summed E-state index contributed by atoms with van der Waals surface area (Å²) in [5.41, 5.74) is -0.720. The van der Waals surface area contributed by atoms with E-state index in [0.717, 1.165) is 0 Å².